The summed E-state index contributed by atoms with van der Waals surface area (Å²) in [5.74, 6) is 0.692. The maximum atomic E-state index is 12.2. The number of hydrogen-bond donors (Lipinski definition) is 1. The lowest BCUT2D eigenvalue weighted by atomic mass is 10.1. The number of aromatic nitrogens is 4. The highest BCUT2D eigenvalue weighted by atomic mass is 16.1. The first-order valence-corrected chi connectivity index (χ1v) is 8.93. The molecule has 0 bridgehead atoms. The Labute approximate surface area is 152 Å². The van der Waals surface area contributed by atoms with Gasteiger partial charge in [-0.1, -0.05) is 18.2 Å². The number of fused-ring (bicyclic) bond motifs is 1. The molecule has 1 N–H and O–H groups in total. The molecule has 134 valence electrons. The van der Waals surface area contributed by atoms with E-state index in [1.807, 2.05) is 29.9 Å². The smallest absolute Gasteiger partial charge is 0.255 e. The molecule has 0 amide bonds. The molecule has 26 heavy (non-hydrogen) atoms. The third kappa shape index (κ3) is 2.97. The van der Waals surface area contributed by atoms with Crippen molar-refractivity contribution in [3.63, 3.8) is 0 Å². The Bertz CT molecular complexity index is 1020. The lowest BCUT2D eigenvalue weighted by molar-refractivity contribution is 0.241. The van der Waals surface area contributed by atoms with Gasteiger partial charge in [-0.3, -0.25) is 9.69 Å². The Hall–Kier alpha value is -2.73. The van der Waals surface area contributed by atoms with E-state index in [1.54, 1.807) is 0 Å². The van der Waals surface area contributed by atoms with Gasteiger partial charge in [-0.15, -0.1) is 0 Å². The predicted octanol–water partition coefficient (Wildman–Crippen LogP) is 2.44. The highest BCUT2D eigenvalue weighted by molar-refractivity contribution is 5.41. The second-order valence-corrected chi connectivity index (χ2v) is 6.99. The van der Waals surface area contributed by atoms with E-state index < -0.39 is 0 Å². The molecule has 6 nitrogen and oxygen atoms in total. The summed E-state index contributed by atoms with van der Waals surface area (Å²) in [5, 5.41) is 4.60. The van der Waals surface area contributed by atoms with Gasteiger partial charge in [0.25, 0.3) is 5.56 Å². The Kier molecular flexibility index (Phi) is 4.20. The molecule has 2 aromatic heterocycles. The topological polar surface area (TPSA) is 66.8 Å². The number of aromatic amines is 1. The number of hydrogen-bond acceptors (Lipinski definition) is 4. The van der Waals surface area contributed by atoms with Gasteiger partial charge in [0, 0.05) is 37.3 Å². The van der Waals surface area contributed by atoms with Crippen LogP contribution in [0.3, 0.4) is 0 Å². The van der Waals surface area contributed by atoms with Gasteiger partial charge < -0.3 is 4.98 Å². The van der Waals surface area contributed by atoms with Crippen molar-refractivity contribution in [2.75, 3.05) is 6.54 Å². The molecule has 0 saturated carbocycles. The fraction of sp³-hybridized carbons (Fsp3) is 0.350. The number of rotatable bonds is 3. The second kappa shape index (κ2) is 6.53. The molecule has 0 fully saturated rings. The van der Waals surface area contributed by atoms with Crippen LogP contribution in [0, 0.1) is 20.8 Å². The maximum Gasteiger partial charge on any atom is 0.255 e. The normalized spacial score (nSPS) is 14.4. The first kappa shape index (κ1) is 16.7. The summed E-state index contributed by atoms with van der Waals surface area (Å²) >= 11 is 0. The summed E-state index contributed by atoms with van der Waals surface area (Å²) in [5.41, 5.74) is 6.36. The highest BCUT2D eigenvalue weighted by Crippen LogP contribution is 2.21. The lowest BCUT2D eigenvalue weighted by Crippen LogP contribution is -2.35. The van der Waals surface area contributed by atoms with E-state index in [4.69, 9.17) is 0 Å². The van der Waals surface area contributed by atoms with Crippen LogP contribution in [0.1, 0.15) is 33.9 Å². The van der Waals surface area contributed by atoms with Crippen molar-refractivity contribution in [2.24, 2.45) is 0 Å². The van der Waals surface area contributed by atoms with Gasteiger partial charge in [0.15, 0.2) is 0 Å². The molecule has 1 aliphatic heterocycles. The predicted molar refractivity (Wildman–Crippen MR) is 100 cm³/mol. The number of benzene rings is 1. The quantitative estimate of drug-likeness (QED) is 0.789. The maximum absolute atomic E-state index is 12.2. The largest absolute Gasteiger partial charge is 0.310 e. The first-order valence-electron chi connectivity index (χ1n) is 8.93. The molecule has 6 heteroatoms. The van der Waals surface area contributed by atoms with Crippen LogP contribution in [0.2, 0.25) is 0 Å². The van der Waals surface area contributed by atoms with E-state index in [0.717, 1.165) is 42.1 Å². The molecular weight excluding hydrogens is 326 g/mol. The monoisotopic (exact) mass is 349 g/mol. The van der Waals surface area contributed by atoms with Gasteiger partial charge >= 0.3 is 0 Å². The van der Waals surface area contributed by atoms with Crippen LogP contribution < -0.4 is 5.56 Å². The summed E-state index contributed by atoms with van der Waals surface area (Å²) in [7, 11) is 0. The zero-order chi connectivity index (χ0) is 18.3. The van der Waals surface area contributed by atoms with E-state index in [0.29, 0.717) is 12.4 Å². The Morgan fingerprint density at radius 2 is 2.00 bits per heavy atom. The van der Waals surface area contributed by atoms with Gasteiger partial charge in [-0.25, -0.2) is 9.67 Å². The molecule has 0 aliphatic carbocycles. The second-order valence-electron chi connectivity index (χ2n) is 6.99. The molecule has 0 unspecified atom stereocenters. The van der Waals surface area contributed by atoms with Gasteiger partial charge in [-0.05, 0) is 32.4 Å². The van der Waals surface area contributed by atoms with E-state index >= 15 is 0 Å². The molecular formula is C20H23N5O. The van der Waals surface area contributed by atoms with Crippen LogP contribution in [0.25, 0.3) is 5.69 Å². The SMILES string of the molecule is Cc1nc2c(c(=O)[nH]1)CN(Cc1cnn(-c3ccccc3C)c1C)CC2. The molecule has 3 heterocycles. The Balaban J connectivity index is 1.58. The molecule has 1 aromatic carbocycles. The third-order valence-corrected chi connectivity index (χ3v) is 5.12. The zero-order valence-corrected chi connectivity index (χ0v) is 15.4. The van der Waals surface area contributed by atoms with Crippen LogP contribution in [0.4, 0.5) is 0 Å². The number of nitrogens with one attached hydrogen (secondary N) is 1. The fourth-order valence-electron chi connectivity index (χ4n) is 3.62. The standard InChI is InChI=1S/C20H23N5O/c1-13-6-4-5-7-19(13)25-14(2)16(10-21-25)11-24-9-8-18-17(12-24)20(26)23-15(3)22-18/h4-7,10H,8-9,11-12H2,1-3H3,(H,22,23,26). The molecule has 1 aliphatic rings. The molecule has 3 aromatic rings. The third-order valence-electron chi connectivity index (χ3n) is 5.12. The summed E-state index contributed by atoms with van der Waals surface area (Å²) in [6, 6.07) is 8.26. The van der Waals surface area contributed by atoms with Crippen molar-refractivity contribution in [1.82, 2.24) is 24.6 Å². The van der Waals surface area contributed by atoms with Gasteiger partial charge in [0.05, 0.1) is 23.1 Å². The van der Waals surface area contributed by atoms with Gasteiger partial charge in [0.1, 0.15) is 5.82 Å². The summed E-state index contributed by atoms with van der Waals surface area (Å²) in [6.45, 7) is 8.34. The Morgan fingerprint density at radius 1 is 1.19 bits per heavy atom. The van der Waals surface area contributed by atoms with Crippen LogP contribution in [0.5, 0.6) is 0 Å². The van der Waals surface area contributed by atoms with Crippen molar-refractivity contribution < 1.29 is 0 Å². The molecule has 0 radical (unpaired) electrons. The van der Waals surface area contributed by atoms with E-state index in [-0.39, 0.29) is 5.56 Å². The number of para-hydroxylation sites is 1. The van der Waals surface area contributed by atoms with Crippen LogP contribution >= 0.6 is 0 Å². The van der Waals surface area contributed by atoms with Crippen LogP contribution in [-0.4, -0.2) is 31.2 Å². The average Bonchev–Trinajstić information content (AvgIpc) is 2.96. The minimum Gasteiger partial charge on any atom is -0.310 e. The summed E-state index contributed by atoms with van der Waals surface area (Å²) in [6.07, 6.45) is 2.75. The number of nitrogens with zero attached hydrogens (tertiary/aromatic N) is 4. The molecule has 0 saturated heterocycles. The minimum absolute atomic E-state index is 0.00970. The van der Waals surface area contributed by atoms with Gasteiger partial charge in [-0.2, -0.15) is 5.10 Å². The van der Waals surface area contributed by atoms with E-state index in [9.17, 15) is 4.79 Å². The summed E-state index contributed by atoms with van der Waals surface area (Å²) < 4.78 is 2.00. The van der Waals surface area contributed by atoms with E-state index in [1.165, 1.54) is 11.1 Å². The molecule has 4 rings (SSSR count). The van der Waals surface area contributed by atoms with Gasteiger partial charge in [0.2, 0.25) is 0 Å². The molecule has 0 atom stereocenters. The zero-order valence-electron chi connectivity index (χ0n) is 15.4. The van der Waals surface area contributed by atoms with E-state index in [2.05, 4.69) is 45.9 Å². The molecule has 0 spiro atoms. The summed E-state index contributed by atoms with van der Waals surface area (Å²) in [4.78, 5) is 21.8. The fourth-order valence-corrected chi connectivity index (χ4v) is 3.62. The lowest BCUT2D eigenvalue weighted by Gasteiger charge is -2.27. The average molecular weight is 349 g/mol. The van der Waals surface area contributed by atoms with Crippen LogP contribution in [-0.2, 0) is 19.5 Å². The Morgan fingerprint density at radius 3 is 2.81 bits per heavy atom. The first-order chi connectivity index (χ1) is 12.5. The van der Waals surface area contributed by atoms with Crippen molar-refractivity contribution >= 4 is 0 Å². The highest BCUT2D eigenvalue weighted by Gasteiger charge is 2.22. The van der Waals surface area contributed by atoms with Crippen molar-refractivity contribution in [1.29, 1.82) is 0 Å². The number of H-pyrrole nitrogens is 1. The van der Waals surface area contributed by atoms with Crippen LogP contribution in [0.15, 0.2) is 35.3 Å². The number of aryl methyl sites for hydroxylation is 2. The van der Waals surface area contributed by atoms with Crippen molar-refractivity contribution in [3.8, 4) is 5.69 Å². The van der Waals surface area contributed by atoms with Crippen molar-refractivity contribution in [2.45, 2.75) is 40.3 Å². The van der Waals surface area contributed by atoms with Crippen molar-refractivity contribution in [3.05, 3.63) is 74.7 Å². The minimum atomic E-state index is -0.00970.